The number of ether oxygens (including phenoxy) is 1. The van der Waals surface area contributed by atoms with Crippen molar-refractivity contribution in [2.75, 3.05) is 12.4 Å². The van der Waals surface area contributed by atoms with Crippen LogP contribution in [0.15, 0.2) is 48.7 Å². The van der Waals surface area contributed by atoms with E-state index in [-0.39, 0.29) is 12.1 Å². The Bertz CT molecular complexity index is 920. The van der Waals surface area contributed by atoms with Crippen LogP contribution in [-0.2, 0) is 0 Å². The lowest BCUT2D eigenvalue weighted by Gasteiger charge is -2.09. The minimum Gasteiger partial charge on any atom is -0.497 e. The molecule has 0 radical (unpaired) electrons. The number of fused-ring (bicyclic) bond motifs is 1. The summed E-state index contributed by atoms with van der Waals surface area (Å²) in [6, 6.07) is 13.8. The molecule has 2 aromatic carbocycles. The van der Waals surface area contributed by atoms with Crippen molar-refractivity contribution in [1.29, 1.82) is 0 Å². The third-order valence-electron chi connectivity index (χ3n) is 4.15. The van der Waals surface area contributed by atoms with E-state index in [1.807, 2.05) is 42.5 Å². The molecule has 1 fully saturated rings. The van der Waals surface area contributed by atoms with Crippen molar-refractivity contribution in [3.63, 3.8) is 0 Å². The molecule has 3 aromatic rings. The van der Waals surface area contributed by atoms with E-state index in [0.717, 1.165) is 40.6 Å². The number of methoxy groups -OCH3 is 1. The number of aromatic nitrogens is 2. The van der Waals surface area contributed by atoms with Gasteiger partial charge in [0.2, 0.25) is 5.95 Å². The standard InChI is InChI=1S/C19H18N4O2/c1-25-15-9-5-12(6-10-15)16-4-2-3-13-11-20-18(22-17(13)16)23-19(24)21-14-7-8-14/h2-6,9-11,14H,7-8H2,1H3,(H2,20,21,22,23,24). The second-order valence-electron chi connectivity index (χ2n) is 6.04. The highest BCUT2D eigenvalue weighted by Crippen LogP contribution is 2.29. The van der Waals surface area contributed by atoms with Crippen LogP contribution in [0.4, 0.5) is 10.7 Å². The SMILES string of the molecule is COc1ccc(-c2cccc3cnc(NC(=O)NC4CC4)nc23)cc1. The van der Waals surface area contributed by atoms with E-state index in [0.29, 0.717) is 5.95 Å². The van der Waals surface area contributed by atoms with Gasteiger partial charge in [-0.25, -0.2) is 14.8 Å². The van der Waals surface area contributed by atoms with E-state index >= 15 is 0 Å². The van der Waals surface area contributed by atoms with E-state index in [1.165, 1.54) is 0 Å². The summed E-state index contributed by atoms with van der Waals surface area (Å²) in [6.07, 6.45) is 3.79. The summed E-state index contributed by atoms with van der Waals surface area (Å²) < 4.78 is 5.21. The maximum atomic E-state index is 11.9. The number of hydrogen-bond donors (Lipinski definition) is 2. The number of anilines is 1. The third-order valence-corrected chi connectivity index (χ3v) is 4.15. The average Bonchev–Trinajstić information content (AvgIpc) is 3.45. The van der Waals surface area contributed by atoms with Crippen molar-refractivity contribution in [2.45, 2.75) is 18.9 Å². The molecule has 126 valence electrons. The first-order valence-corrected chi connectivity index (χ1v) is 8.20. The number of nitrogens with one attached hydrogen (secondary N) is 2. The first-order chi connectivity index (χ1) is 12.2. The molecule has 1 aliphatic carbocycles. The molecule has 1 aromatic heterocycles. The Kier molecular flexibility index (Phi) is 3.93. The maximum Gasteiger partial charge on any atom is 0.321 e. The van der Waals surface area contributed by atoms with Gasteiger partial charge >= 0.3 is 6.03 Å². The van der Waals surface area contributed by atoms with Crippen LogP contribution in [0, 0.1) is 0 Å². The molecule has 6 heteroatoms. The molecule has 1 saturated carbocycles. The molecule has 6 nitrogen and oxygen atoms in total. The number of urea groups is 1. The Morgan fingerprint density at radius 2 is 1.96 bits per heavy atom. The number of amides is 2. The van der Waals surface area contributed by atoms with Crippen molar-refractivity contribution >= 4 is 22.9 Å². The zero-order chi connectivity index (χ0) is 17.2. The monoisotopic (exact) mass is 334 g/mol. The van der Waals surface area contributed by atoms with Crippen molar-refractivity contribution in [2.24, 2.45) is 0 Å². The summed E-state index contributed by atoms with van der Waals surface area (Å²) in [5, 5.41) is 6.49. The largest absolute Gasteiger partial charge is 0.497 e. The topological polar surface area (TPSA) is 76.1 Å². The van der Waals surface area contributed by atoms with Crippen molar-refractivity contribution < 1.29 is 9.53 Å². The van der Waals surface area contributed by atoms with Crippen LogP contribution in [0.2, 0.25) is 0 Å². The molecule has 1 heterocycles. The zero-order valence-electron chi connectivity index (χ0n) is 13.8. The van der Waals surface area contributed by atoms with Crippen LogP contribution in [-0.4, -0.2) is 29.2 Å². The lowest BCUT2D eigenvalue weighted by atomic mass is 10.0. The molecule has 4 rings (SSSR count). The normalized spacial score (nSPS) is 13.5. The number of para-hydroxylation sites is 1. The second kappa shape index (κ2) is 6.39. The Labute approximate surface area is 145 Å². The van der Waals surface area contributed by atoms with Crippen molar-refractivity contribution in [3.05, 3.63) is 48.7 Å². The fraction of sp³-hybridized carbons (Fsp3) is 0.211. The number of carbonyl (C=O) groups excluding carboxylic acids is 1. The molecule has 0 saturated heterocycles. The highest BCUT2D eigenvalue weighted by atomic mass is 16.5. The minimum atomic E-state index is -0.260. The van der Waals surface area contributed by atoms with Crippen LogP contribution in [0.1, 0.15) is 12.8 Å². The minimum absolute atomic E-state index is 0.260. The first kappa shape index (κ1) is 15.4. The average molecular weight is 334 g/mol. The second-order valence-corrected chi connectivity index (χ2v) is 6.04. The lowest BCUT2D eigenvalue weighted by Crippen LogP contribution is -2.31. The molecule has 1 aliphatic rings. The Morgan fingerprint density at radius 3 is 2.68 bits per heavy atom. The summed E-state index contributed by atoms with van der Waals surface area (Å²) in [5.41, 5.74) is 2.80. The quantitative estimate of drug-likeness (QED) is 0.764. The van der Waals surface area contributed by atoms with E-state index < -0.39 is 0 Å². The fourth-order valence-corrected chi connectivity index (χ4v) is 2.67. The Morgan fingerprint density at radius 1 is 1.16 bits per heavy atom. The zero-order valence-corrected chi connectivity index (χ0v) is 13.8. The van der Waals surface area contributed by atoms with Gasteiger partial charge in [-0.1, -0.05) is 30.3 Å². The third kappa shape index (κ3) is 3.38. The molecular weight excluding hydrogens is 316 g/mol. The molecular formula is C19H18N4O2. The molecule has 0 atom stereocenters. The predicted molar refractivity (Wildman–Crippen MR) is 96.7 cm³/mol. The number of hydrogen-bond acceptors (Lipinski definition) is 4. The van der Waals surface area contributed by atoms with Gasteiger partial charge in [0.05, 0.1) is 12.6 Å². The fourth-order valence-electron chi connectivity index (χ4n) is 2.67. The number of rotatable bonds is 4. The van der Waals surface area contributed by atoms with Gasteiger partial charge in [0.25, 0.3) is 0 Å². The summed E-state index contributed by atoms with van der Waals surface area (Å²) in [5.74, 6) is 1.10. The van der Waals surface area contributed by atoms with Crippen LogP contribution in [0.3, 0.4) is 0 Å². The number of carbonyl (C=O) groups is 1. The Balaban J connectivity index is 1.68. The molecule has 0 unspecified atom stereocenters. The summed E-state index contributed by atoms with van der Waals surface area (Å²) in [4.78, 5) is 20.7. The number of benzene rings is 2. The van der Waals surface area contributed by atoms with Gasteiger partial charge in [-0.05, 0) is 30.5 Å². The molecule has 0 spiro atoms. The van der Waals surface area contributed by atoms with Gasteiger partial charge in [0, 0.05) is 23.2 Å². The van der Waals surface area contributed by atoms with Gasteiger partial charge in [0.1, 0.15) is 5.75 Å². The summed E-state index contributed by atoms with van der Waals surface area (Å²) >= 11 is 0. The summed E-state index contributed by atoms with van der Waals surface area (Å²) in [7, 11) is 1.64. The van der Waals surface area contributed by atoms with Gasteiger partial charge in [-0.15, -0.1) is 0 Å². The van der Waals surface area contributed by atoms with Gasteiger partial charge in [-0.3, -0.25) is 5.32 Å². The van der Waals surface area contributed by atoms with E-state index in [2.05, 4.69) is 20.6 Å². The molecule has 2 amide bonds. The van der Waals surface area contributed by atoms with Crippen LogP contribution in [0.5, 0.6) is 5.75 Å². The maximum absolute atomic E-state index is 11.9. The van der Waals surface area contributed by atoms with Crippen LogP contribution in [0.25, 0.3) is 22.0 Å². The van der Waals surface area contributed by atoms with Gasteiger partial charge < -0.3 is 10.1 Å². The molecule has 0 bridgehead atoms. The van der Waals surface area contributed by atoms with Crippen LogP contribution < -0.4 is 15.4 Å². The van der Waals surface area contributed by atoms with E-state index in [1.54, 1.807) is 13.3 Å². The first-order valence-electron chi connectivity index (χ1n) is 8.20. The molecule has 25 heavy (non-hydrogen) atoms. The highest BCUT2D eigenvalue weighted by Gasteiger charge is 2.23. The van der Waals surface area contributed by atoms with Gasteiger partial charge in [-0.2, -0.15) is 0 Å². The highest BCUT2D eigenvalue weighted by molar-refractivity contribution is 5.95. The van der Waals surface area contributed by atoms with Crippen molar-refractivity contribution in [3.8, 4) is 16.9 Å². The molecule has 0 aliphatic heterocycles. The van der Waals surface area contributed by atoms with E-state index in [4.69, 9.17) is 4.74 Å². The Hall–Kier alpha value is -3.15. The predicted octanol–water partition coefficient (Wildman–Crippen LogP) is 3.59. The summed E-state index contributed by atoms with van der Waals surface area (Å²) in [6.45, 7) is 0. The lowest BCUT2D eigenvalue weighted by molar-refractivity contribution is 0.251. The van der Waals surface area contributed by atoms with E-state index in [9.17, 15) is 4.79 Å². The number of nitrogens with zero attached hydrogens (tertiary/aromatic N) is 2. The smallest absolute Gasteiger partial charge is 0.321 e. The van der Waals surface area contributed by atoms with Crippen molar-refractivity contribution in [1.82, 2.24) is 15.3 Å². The van der Waals surface area contributed by atoms with Crippen LogP contribution >= 0.6 is 0 Å². The van der Waals surface area contributed by atoms with Gasteiger partial charge in [0.15, 0.2) is 0 Å². The molecule has 2 N–H and O–H groups in total.